The Kier molecular flexibility index (Phi) is 3.03. The first-order valence-corrected chi connectivity index (χ1v) is 6.56. The third-order valence-corrected chi connectivity index (χ3v) is 3.33. The second-order valence-electron chi connectivity index (χ2n) is 5.06. The van der Waals surface area contributed by atoms with Gasteiger partial charge in [0.25, 0.3) is 0 Å². The minimum absolute atomic E-state index is 0.116. The number of carbonyl (C=O) groups is 1. The zero-order valence-corrected chi connectivity index (χ0v) is 10.9. The molecule has 0 bridgehead atoms. The highest BCUT2D eigenvalue weighted by Gasteiger charge is 2.29. The molecule has 1 aliphatic rings. The van der Waals surface area contributed by atoms with Crippen molar-refractivity contribution in [3.05, 3.63) is 48.2 Å². The molecular weight excluding hydrogens is 236 g/mol. The number of rotatable bonds is 3. The topological polar surface area (TPSA) is 42.0 Å². The molecule has 96 valence electrons. The second-order valence-corrected chi connectivity index (χ2v) is 5.06. The molecule has 3 nitrogen and oxygen atoms in total. The monoisotopic (exact) mass is 252 g/mol. The van der Waals surface area contributed by atoms with Crippen LogP contribution in [0.5, 0.6) is 0 Å². The van der Waals surface area contributed by atoms with Crippen LogP contribution in [-0.4, -0.2) is 10.9 Å². The Labute approximate surface area is 112 Å². The highest BCUT2D eigenvalue weighted by Crippen LogP contribution is 2.30. The Morgan fingerprint density at radius 3 is 2.47 bits per heavy atom. The van der Waals surface area contributed by atoms with E-state index in [2.05, 4.69) is 41.5 Å². The van der Waals surface area contributed by atoms with E-state index in [9.17, 15) is 4.79 Å². The van der Waals surface area contributed by atoms with Crippen LogP contribution in [0.15, 0.2) is 42.6 Å². The number of hydrogen-bond acceptors (Lipinski definition) is 2. The number of hydrogen-bond donors (Lipinski definition) is 1. The van der Waals surface area contributed by atoms with Gasteiger partial charge >= 0.3 is 0 Å². The number of carbonyl (C=O) groups excluding carboxylic acids is 1. The zero-order valence-electron chi connectivity index (χ0n) is 10.9. The molecule has 0 radical (unpaired) electrons. The molecule has 1 amide bonds. The van der Waals surface area contributed by atoms with Crippen LogP contribution in [0.25, 0.3) is 11.3 Å². The fourth-order valence-corrected chi connectivity index (χ4v) is 1.95. The van der Waals surface area contributed by atoms with E-state index in [0.29, 0.717) is 0 Å². The lowest BCUT2D eigenvalue weighted by atomic mass is 10.1. The van der Waals surface area contributed by atoms with Gasteiger partial charge in [-0.3, -0.25) is 9.78 Å². The number of nitrogens with zero attached hydrogens (tertiary/aromatic N) is 1. The zero-order chi connectivity index (χ0) is 13.2. The van der Waals surface area contributed by atoms with Crippen molar-refractivity contribution in [2.24, 2.45) is 5.92 Å². The Morgan fingerprint density at radius 2 is 1.89 bits per heavy atom. The van der Waals surface area contributed by atoms with E-state index in [1.807, 2.05) is 12.1 Å². The van der Waals surface area contributed by atoms with Gasteiger partial charge in [-0.1, -0.05) is 29.8 Å². The lowest BCUT2D eigenvalue weighted by Crippen LogP contribution is -2.13. The first-order valence-electron chi connectivity index (χ1n) is 6.56. The molecule has 3 rings (SSSR count). The molecule has 19 heavy (non-hydrogen) atoms. The van der Waals surface area contributed by atoms with Crippen LogP contribution in [0, 0.1) is 12.8 Å². The summed E-state index contributed by atoms with van der Waals surface area (Å²) in [6.07, 6.45) is 3.75. The van der Waals surface area contributed by atoms with Gasteiger partial charge in [-0.25, -0.2) is 0 Å². The van der Waals surface area contributed by atoms with Gasteiger partial charge in [0, 0.05) is 11.5 Å². The molecule has 0 atom stereocenters. The van der Waals surface area contributed by atoms with E-state index < -0.39 is 0 Å². The number of pyridine rings is 1. The molecule has 2 aromatic rings. The van der Waals surface area contributed by atoms with Gasteiger partial charge < -0.3 is 5.32 Å². The number of amides is 1. The molecule has 0 unspecified atom stereocenters. The van der Waals surface area contributed by atoms with Crippen molar-refractivity contribution in [1.29, 1.82) is 0 Å². The predicted molar refractivity (Wildman–Crippen MR) is 75.8 cm³/mol. The molecule has 1 aromatic heterocycles. The van der Waals surface area contributed by atoms with Gasteiger partial charge in [-0.2, -0.15) is 0 Å². The number of anilines is 1. The Balaban J connectivity index is 1.74. The highest BCUT2D eigenvalue weighted by atomic mass is 16.2. The van der Waals surface area contributed by atoms with E-state index in [4.69, 9.17) is 0 Å². The highest BCUT2D eigenvalue weighted by molar-refractivity contribution is 5.93. The van der Waals surface area contributed by atoms with Crippen molar-refractivity contribution in [2.75, 3.05) is 5.32 Å². The summed E-state index contributed by atoms with van der Waals surface area (Å²) in [7, 11) is 0. The average molecular weight is 252 g/mol. The minimum Gasteiger partial charge on any atom is -0.324 e. The summed E-state index contributed by atoms with van der Waals surface area (Å²) in [6.45, 7) is 2.06. The summed E-state index contributed by atoms with van der Waals surface area (Å²) >= 11 is 0. The van der Waals surface area contributed by atoms with Gasteiger partial charge in [0.2, 0.25) is 5.91 Å². The van der Waals surface area contributed by atoms with Gasteiger partial charge in [-0.15, -0.1) is 0 Å². The summed E-state index contributed by atoms with van der Waals surface area (Å²) < 4.78 is 0. The molecule has 1 heterocycles. The van der Waals surface area contributed by atoms with Crippen molar-refractivity contribution >= 4 is 11.6 Å². The van der Waals surface area contributed by atoms with Crippen molar-refractivity contribution < 1.29 is 4.79 Å². The summed E-state index contributed by atoms with van der Waals surface area (Å²) in [5, 5.41) is 2.89. The number of aromatic nitrogens is 1. The molecule has 3 heteroatoms. The fraction of sp³-hybridized carbons (Fsp3) is 0.250. The standard InChI is InChI=1S/C16H16N2O/c1-11-2-4-12(5-3-11)15-9-8-14(10-17-15)18-16(19)13-6-7-13/h2-5,8-10,13H,6-7H2,1H3,(H,18,19). The largest absolute Gasteiger partial charge is 0.324 e. The van der Waals surface area contributed by atoms with Crippen molar-refractivity contribution in [1.82, 2.24) is 4.98 Å². The molecule has 1 N–H and O–H groups in total. The Bertz CT molecular complexity index is 583. The first kappa shape index (κ1) is 11.9. The van der Waals surface area contributed by atoms with E-state index in [-0.39, 0.29) is 11.8 Å². The SMILES string of the molecule is Cc1ccc(-c2ccc(NC(=O)C3CC3)cn2)cc1. The van der Waals surface area contributed by atoms with Crippen LogP contribution in [0.2, 0.25) is 0 Å². The molecule has 0 saturated heterocycles. The van der Waals surface area contributed by atoms with Crippen LogP contribution in [-0.2, 0) is 4.79 Å². The molecule has 0 spiro atoms. The van der Waals surface area contributed by atoms with Crippen molar-refractivity contribution in [2.45, 2.75) is 19.8 Å². The average Bonchev–Trinajstić information content (AvgIpc) is 3.25. The van der Waals surface area contributed by atoms with Crippen LogP contribution >= 0.6 is 0 Å². The predicted octanol–water partition coefficient (Wildman–Crippen LogP) is 3.41. The maximum atomic E-state index is 11.6. The smallest absolute Gasteiger partial charge is 0.227 e. The maximum Gasteiger partial charge on any atom is 0.227 e. The maximum absolute atomic E-state index is 11.6. The van der Waals surface area contributed by atoms with E-state index in [0.717, 1.165) is 29.8 Å². The van der Waals surface area contributed by atoms with Crippen LogP contribution < -0.4 is 5.32 Å². The third kappa shape index (κ3) is 2.81. The summed E-state index contributed by atoms with van der Waals surface area (Å²) in [5.74, 6) is 0.335. The lowest BCUT2D eigenvalue weighted by molar-refractivity contribution is -0.117. The Morgan fingerprint density at radius 1 is 1.16 bits per heavy atom. The fourth-order valence-electron chi connectivity index (χ4n) is 1.95. The Hall–Kier alpha value is -2.16. The summed E-state index contributed by atoms with van der Waals surface area (Å²) in [4.78, 5) is 16.0. The van der Waals surface area contributed by atoms with Gasteiger partial charge in [0.05, 0.1) is 17.6 Å². The summed E-state index contributed by atoms with van der Waals surface area (Å²) in [6, 6.07) is 12.1. The number of aryl methyl sites for hydroxylation is 1. The quantitative estimate of drug-likeness (QED) is 0.909. The number of benzene rings is 1. The molecule has 1 aliphatic carbocycles. The molecule has 1 aromatic carbocycles. The van der Waals surface area contributed by atoms with E-state index in [1.54, 1.807) is 6.20 Å². The first-order chi connectivity index (χ1) is 9.22. The minimum atomic E-state index is 0.116. The molecule has 1 saturated carbocycles. The van der Waals surface area contributed by atoms with Crippen molar-refractivity contribution in [3.8, 4) is 11.3 Å². The van der Waals surface area contributed by atoms with Crippen LogP contribution in [0.1, 0.15) is 18.4 Å². The third-order valence-electron chi connectivity index (χ3n) is 3.33. The second kappa shape index (κ2) is 4.84. The molecule has 0 aliphatic heterocycles. The van der Waals surface area contributed by atoms with Crippen molar-refractivity contribution in [3.63, 3.8) is 0 Å². The molecule has 1 fully saturated rings. The number of nitrogens with one attached hydrogen (secondary N) is 1. The lowest BCUT2D eigenvalue weighted by Gasteiger charge is -2.05. The van der Waals surface area contributed by atoms with Gasteiger partial charge in [-0.05, 0) is 31.9 Å². The summed E-state index contributed by atoms with van der Waals surface area (Å²) in [5.41, 5.74) is 4.01. The van der Waals surface area contributed by atoms with Gasteiger partial charge in [0.1, 0.15) is 0 Å². The normalized spacial score (nSPS) is 14.2. The van der Waals surface area contributed by atoms with E-state index >= 15 is 0 Å². The van der Waals surface area contributed by atoms with Crippen LogP contribution in [0.3, 0.4) is 0 Å². The van der Waals surface area contributed by atoms with Gasteiger partial charge in [0.15, 0.2) is 0 Å². The molecular formula is C16H16N2O. The van der Waals surface area contributed by atoms with E-state index in [1.165, 1.54) is 5.56 Å². The van der Waals surface area contributed by atoms with Crippen LogP contribution in [0.4, 0.5) is 5.69 Å².